The van der Waals surface area contributed by atoms with Crippen LogP contribution in [0.2, 0.25) is 10.0 Å². The van der Waals surface area contributed by atoms with E-state index in [1.165, 1.54) is 0 Å². The molecule has 0 bridgehead atoms. The van der Waals surface area contributed by atoms with Gasteiger partial charge in [-0.15, -0.1) is 0 Å². The first-order valence-corrected chi connectivity index (χ1v) is 6.80. The van der Waals surface area contributed by atoms with Crippen LogP contribution in [0, 0.1) is 0 Å². The second-order valence-electron chi connectivity index (χ2n) is 3.71. The summed E-state index contributed by atoms with van der Waals surface area (Å²) in [5.74, 6) is 0. The van der Waals surface area contributed by atoms with Gasteiger partial charge in [0.1, 0.15) is 0 Å². The second-order valence-corrected chi connectivity index (χ2v) is 4.55. The molecule has 0 spiro atoms. The van der Waals surface area contributed by atoms with Gasteiger partial charge in [-0.1, -0.05) is 23.2 Å². The third-order valence-corrected chi connectivity index (χ3v) is 2.94. The second kappa shape index (κ2) is 8.73. The maximum absolute atomic E-state index is 6.07. The minimum atomic E-state index is -0.224. The highest BCUT2D eigenvalue weighted by atomic mass is 35.5. The maximum Gasteiger partial charge on any atom is 0.169 e. The number of rotatable bonds is 8. The first-order chi connectivity index (χ1) is 8.67. The fourth-order valence-corrected chi connectivity index (χ4v) is 1.92. The molecule has 0 aliphatic rings. The van der Waals surface area contributed by atoms with E-state index in [2.05, 4.69) is 5.32 Å². The number of hydrogen-bond donors (Lipinski definition) is 1. The van der Waals surface area contributed by atoms with Crippen molar-refractivity contribution in [3.05, 3.63) is 33.8 Å². The fraction of sp³-hybridized carbons (Fsp3) is 0.538. The molecule has 0 saturated carbocycles. The van der Waals surface area contributed by atoms with Crippen molar-refractivity contribution >= 4 is 23.2 Å². The summed E-state index contributed by atoms with van der Waals surface area (Å²) in [4.78, 5) is 0. The lowest BCUT2D eigenvalue weighted by atomic mass is 10.2. The predicted octanol–water partition coefficient (Wildman–Crippen LogP) is 3.48. The molecule has 18 heavy (non-hydrogen) atoms. The van der Waals surface area contributed by atoms with Crippen LogP contribution < -0.4 is 5.32 Å². The van der Waals surface area contributed by atoms with Crippen LogP contribution in [-0.2, 0) is 16.0 Å². The lowest BCUT2D eigenvalue weighted by molar-refractivity contribution is -0.133. The molecular weight excluding hydrogens is 273 g/mol. The van der Waals surface area contributed by atoms with Gasteiger partial charge < -0.3 is 14.8 Å². The Bertz CT molecular complexity index is 355. The van der Waals surface area contributed by atoms with Crippen LogP contribution >= 0.6 is 23.2 Å². The van der Waals surface area contributed by atoms with Crippen molar-refractivity contribution in [3.63, 3.8) is 0 Å². The van der Waals surface area contributed by atoms with Crippen LogP contribution in [0.15, 0.2) is 18.2 Å². The first kappa shape index (κ1) is 15.7. The number of halogens is 2. The smallest absolute Gasteiger partial charge is 0.169 e. The van der Waals surface area contributed by atoms with Crippen molar-refractivity contribution < 1.29 is 9.47 Å². The SMILES string of the molecule is CCOC(CNCc1cc(Cl)ccc1Cl)OCC. The average Bonchev–Trinajstić information content (AvgIpc) is 2.34. The molecule has 0 amide bonds. The van der Waals surface area contributed by atoms with Gasteiger partial charge in [0.15, 0.2) is 6.29 Å². The van der Waals surface area contributed by atoms with Crippen LogP contribution in [0.3, 0.4) is 0 Å². The largest absolute Gasteiger partial charge is 0.352 e. The fourth-order valence-electron chi connectivity index (χ4n) is 1.54. The quantitative estimate of drug-likeness (QED) is 0.744. The van der Waals surface area contributed by atoms with E-state index in [9.17, 15) is 0 Å². The van der Waals surface area contributed by atoms with Gasteiger partial charge in [-0.25, -0.2) is 0 Å². The topological polar surface area (TPSA) is 30.5 Å². The number of benzene rings is 1. The predicted molar refractivity (Wildman–Crippen MR) is 75.2 cm³/mol. The molecule has 0 unspecified atom stereocenters. The Morgan fingerprint density at radius 3 is 2.44 bits per heavy atom. The third-order valence-electron chi connectivity index (χ3n) is 2.34. The van der Waals surface area contributed by atoms with Gasteiger partial charge in [-0.2, -0.15) is 0 Å². The molecule has 0 heterocycles. The molecule has 0 saturated heterocycles. The maximum atomic E-state index is 6.07. The number of nitrogens with one attached hydrogen (secondary N) is 1. The van der Waals surface area contributed by atoms with Crippen LogP contribution in [0.4, 0.5) is 0 Å². The van der Waals surface area contributed by atoms with Crippen LogP contribution in [0.5, 0.6) is 0 Å². The van der Waals surface area contributed by atoms with Crippen LogP contribution in [-0.4, -0.2) is 26.0 Å². The zero-order valence-corrected chi connectivity index (χ0v) is 12.2. The van der Waals surface area contributed by atoms with E-state index in [1.807, 2.05) is 19.9 Å². The van der Waals surface area contributed by atoms with E-state index < -0.39 is 0 Å². The molecule has 5 heteroatoms. The van der Waals surface area contributed by atoms with Crippen molar-refractivity contribution in [3.8, 4) is 0 Å². The minimum Gasteiger partial charge on any atom is -0.352 e. The summed E-state index contributed by atoms with van der Waals surface area (Å²) < 4.78 is 10.9. The van der Waals surface area contributed by atoms with E-state index in [0.717, 1.165) is 5.56 Å². The van der Waals surface area contributed by atoms with Gasteiger partial charge in [-0.05, 0) is 37.6 Å². The molecule has 102 valence electrons. The van der Waals surface area contributed by atoms with E-state index >= 15 is 0 Å². The Labute approximate surface area is 118 Å². The standard InChI is InChI=1S/C13H19Cl2NO2/c1-3-17-13(18-4-2)9-16-8-10-7-11(14)5-6-12(10)15/h5-7,13,16H,3-4,8-9H2,1-2H3. The Hall–Kier alpha value is -0.320. The highest BCUT2D eigenvalue weighted by Crippen LogP contribution is 2.20. The first-order valence-electron chi connectivity index (χ1n) is 6.05. The summed E-state index contributed by atoms with van der Waals surface area (Å²) in [5.41, 5.74) is 0.968. The van der Waals surface area contributed by atoms with Gasteiger partial charge in [0, 0.05) is 36.3 Å². The minimum absolute atomic E-state index is 0.224. The Kier molecular flexibility index (Phi) is 7.63. The molecule has 0 fully saturated rings. The Morgan fingerprint density at radius 2 is 1.83 bits per heavy atom. The molecule has 0 aliphatic carbocycles. The van der Waals surface area contributed by atoms with E-state index in [-0.39, 0.29) is 6.29 Å². The molecular formula is C13H19Cl2NO2. The highest BCUT2D eigenvalue weighted by molar-refractivity contribution is 6.33. The summed E-state index contributed by atoms with van der Waals surface area (Å²) in [6, 6.07) is 5.42. The summed E-state index contributed by atoms with van der Waals surface area (Å²) in [6.45, 7) is 6.40. The molecule has 0 aromatic heterocycles. The molecule has 1 aromatic carbocycles. The number of ether oxygens (including phenoxy) is 2. The summed E-state index contributed by atoms with van der Waals surface area (Å²) in [6.07, 6.45) is -0.224. The molecule has 1 rings (SSSR count). The monoisotopic (exact) mass is 291 g/mol. The summed E-state index contributed by atoms with van der Waals surface area (Å²) >= 11 is 12.0. The lowest BCUT2D eigenvalue weighted by Crippen LogP contribution is -2.31. The average molecular weight is 292 g/mol. The highest BCUT2D eigenvalue weighted by Gasteiger charge is 2.08. The lowest BCUT2D eigenvalue weighted by Gasteiger charge is -2.17. The van der Waals surface area contributed by atoms with Crippen molar-refractivity contribution in [2.75, 3.05) is 19.8 Å². The van der Waals surface area contributed by atoms with Gasteiger partial charge in [0.05, 0.1) is 0 Å². The normalized spacial score (nSPS) is 11.2. The number of hydrogen-bond acceptors (Lipinski definition) is 3. The van der Waals surface area contributed by atoms with Crippen LogP contribution in [0.25, 0.3) is 0 Å². The zero-order chi connectivity index (χ0) is 13.4. The molecule has 0 radical (unpaired) electrons. The molecule has 1 aromatic rings. The van der Waals surface area contributed by atoms with Crippen molar-refractivity contribution in [1.82, 2.24) is 5.32 Å². The molecule has 0 atom stereocenters. The summed E-state index contributed by atoms with van der Waals surface area (Å²) in [7, 11) is 0. The van der Waals surface area contributed by atoms with Crippen LogP contribution in [0.1, 0.15) is 19.4 Å². The van der Waals surface area contributed by atoms with Gasteiger partial charge in [-0.3, -0.25) is 0 Å². The molecule has 3 nitrogen and oxygen atoms in total. The van der Waals surface area contributed by atoms with Crippen molar-refractivity contribution in [2.24, 2.45) is 0 Å². The Morgan fingerprint density at radius 1 is 1.17 bits per heavy atom. The summed E-state index contributed by atoms with van der Waals surface area (Å²) in [5, 5.41) is 4.63. The van der Waals surface area contributed by atoms with Gasteiger partial charge in [0.2, 0.25) is 0 Å². The Balaban J connectivity index is 2.41. The van der Waals surface area contributed by atoms with Crippen molar-refractivity contribution in [1.29, 1.82) is 0 Å². The third kappa shape index (κ3) is 5.55. The van der Waals surface area contributed by atoms with Gasteiger partial charge >= 0.3 is 0 Å². The molecule has 1 N–H and O–H groups in total. The van der Waals surface area contributed by atoms with E-state index in [4.69, 9.17) is 32.7 Å². The molecule has 0 aliphatic heterocycles. The van der Waals surface area contributed by atoms with Gasteiger partial charge in [0.25, 0.3) is 0 Å². The van der Waals surface area contributed by atoms with E-state index in [1.54, 1.807) is 12.1 Å². The van der Waals surface area contributed by atoms with Crippen molar-refractivity contribution in [2.45, 2.75) is 26.7 Å². The van der Waals surface area contributed by atoms with E-state index in [0.29, 0.717) is 36.3 Å². The zero-order valence-electron chi connectivity index (χ0n) is 10.7.